The first kappa shape index (κ1) is 89.5. The fourth-order valence-corrected chi connectivity index (χ4v) is 11.8. The van der Waals surface area contributed by atoms with Crippen molar-refractivity contribution in [2.75, 3.05) is 13.1 Å². The molecule has 7 aliphatic rings. The first-order chi connectivity index (χ1) is 39.9. The second kappa shape index (κ2) is 48.1. The van der Waals surface area contributed by atoms with Crippen molar-refractivity contribution in [2.45, 2.75) is 335 Å². The van der Waals surface area contributed by atoms with Crippen molar-refractivity contribution in [1.29, 1.82) is 0 Å². The molecule has 88 heavy (non-hydrogen) atoms. The zero-order chi connectivity index (χ0) is 64.7. The van der Waals surface area contributed by atoms with Crippen LogP contribution < -0.4 is 10.6 Å². The zero-order valence-electron chi connectivity index (χ0n) is 55.7. The van der Waals surface area contributed by atoms with Gasteiger partial charge in [-0.3, -0.25) is 33.6 Å². The lowest BCUT2D eigenvalue weighted by atomic mass is 9.78. The van der Waals surface area contributed by atoms with Gasteiger partial charge in [0, 0.05) is 53.5 Å². The molecule has 16 heteroatoms. The van der Waals surface area contributed by atoms with Gasteiger partial charge in [0.2, 0.25) is 0 Å². The van der Waals surface area contributed by atoms with Gasteiger partial charge in [0.25, 0.3) is 0 Å². The average molecular weight is 1260 g/mol. The Balaban J connectivity index is -0.000000953. The summed E-state index contributed by atoms with van der Waals surface area (Å²) >= 11 is 0. The molecule has 0 aromatic heterocycles. The van der Waals surface area contributed by atoms with E-state index in [4.69, 9.17) is 0 Å². The minimum Gasteiger partial charge on any atom is -0.385 e. The summed E-state index contributed by atoms with van der Waals surface area (Å²) in [7, 11) is 0. The molecule has 5 aliphatic carbocycles. The summed E-state index contributed by atoms with van der Waals surface area (Å²) in [4.78, 5) is 79.6. The number of aliphatic hydroxyl groups excluding tert-OH is 7. The maximum Gasteiger partial charge on any atom is 0.165 e. The van der Waals surface area contributed by atoms with Crippen LogP contribution in [0.15, 0.2) is 0 Å². The fourth-order valence-electron chi connectivity index (χ4n) is 11.8. The monoisotopic (exact) mass is 1260 g/mol. The van der Waals surface area contributed by atoms with E-state index in [0.717, 1.165) is 109 Å². The van der Waals surface area contributed by atoms with E-state index in [9.17, 15) is 69.3 Å². The predicted octanol–water partition coefficient (Wildman–Crippen LogP) is 11.8. The molecule has 0 aromatic rings. The molecule has 2 saturated heterocycles. The van der Waals surface area contributed by atoms with Crippen molar-refractivity contribution < 1.29 is 69.3 Å². The Morgan fingerprint density at radius 3 is 0.580 bits per heavy atom. The Labute approximate surface area is 536 Å². The van der Waals surface area contributed by atoms with Crippen LogP contribution in [0.25, 0.3) is 0 Å². The van der Waals surface area contributed by atoms with Crippen LogP contribution in [0.3, 0.4) is 0 Å². The number of carbonyl (C=O) groups excluding carboxylic acids is 7. The smallest absolute Gasteiger partial charge is 0.165 e. The summed E-state index contributed by atoms with van der Waals surface area (Å²) < 4.78 is 0. The molecular weight excluding hydrogens is 1120 g/mol. The molecule has 5 saturated carbocycles. The van der Waals surface area contributed by atoms with Gasteiger partial charge in [-0.2, -0.15) is 0 Å². The van der Waals surface area contributed by atoms with E-state index in [1.807, 2.05) is 96.9 Å². The number of hydrogen-bond donors (Lipinski definition) is 9. The lowest BCUT2D eigenvalue weighted by Crippen LogP contribution is -2.47. The van der Waals surface area contributed by atoms with Crippen LogP contribution in [-0.2, 0) is 33.6 Å². The van der Waals surface area contributed by atoms with Gasteiger partial charge in [-0.25, -0.2) is 0 Å². The highest BCUT2D eigenvalue weighted by Gasteiger charge is 2.35. The highest BCUT2D eigenvalue weighted by atomic mass is 16.3. The minimum absolute atomic E-state index is 0. The van der Waals surface area contributed by atoms with Crippen molar-refractivity contribution >= 4 is 40.5 Å². The Morgan fingerprint density at radius 1 is 0.239 bits per heavy atom. The van der Waals surface area contributed by atoms with E-state index in [-0.39, 0.29) is 146 Å². The maximum atomic E-state index is 11.5. The van der Waals surface area contributed by atoms with E-state index >= 15 is 0 Å². The van der Waals surface area contributed by atoms with E-state index < -0.39 is 42.7 Å². The van der Waals surface area contributed by atoms with Crippen molar-refractivity contribution in [3.05, 3.63) is 0 Å². The summed E-state index contributed by atoms with van der Waals surface area (Å²) in [6.45, 7) is 27.6. The van der Waals surface area contributed by atoms with Crippen LogP contribution in [0.5, 0.6) is 0 Å². The first-order valence-corrected chi connectivity index (χ1v) is 33.9. The molecule has 9 unspecified atom stereocenters. The van der Waals surface area contributed by atoms with Crippen molar-refractivity contribution in [2.24, 2.45) is 71.0 Å². The lowest BCUT2D eigenvalue weighted by molar-refractivity contribution is -0.135. The molecule has 0 aromatic carbocycles. The van der Waals surface area contributed by atoms with Crippen LogP contribution >= 0.6 is 0 Å². The molecule has 16 nitrogen and oxygen atoms in total. The van der Waals surface area contributed by atoms with Gasteiger partial charge in [0.05, 0.1) is 0 Å². The van der Waals surface area contributed by atoms with Crippen LogP contribution in [0.1, 0.15) is 280 Å². The van der Waals surface area contributed by atoms with Crippen LogP contribution in [0.2, 0.25) is 0 Å². The van der Waals surface area contributed by atoms with Crippen LogP contribution in [0, 0.1) is 71.0 Å². The van der Waals surface area contributed by atoms with E-state index in [0.29, 0.717) is 0 Å². The number of piperidine rings is 1. The van der Waals surface area contributed by atoms with Gasteiger partial charge in [-0.15, -0.1) is 0 Å². The Hall–Kier alpha value is -2.67. The van der Waals surface area contributed by atoms with Gasteiger partial charge < -0.3 is 46.4 Å². The highest BCUT2D eigenvalue weighted by Crippen LogP contribution is 2.33. The number of rotatable bonds is 21. The third kappa shape index (κ3) is 32.7. The highest BCUT2D eigenvalue weighted by molar-refractivity contribution is 5.87. The normalized spacial score (nSPS) is 22.2. The van der Waals surface area contributed by atoms with Gasteiger partial charge in [-0.05, 0) is 133 Å². The number of carbonyl (C=O) groups is 7. The van der Waals surface area contributed by atoms with Gasteiger partial charge in [0.1, 0.15) is 42.7 Å². The van der Waals surface area contributed by atoms with Crippen molar-refractivity contribution in [3.63, 3.8) is 0 Å². The molecule has 2 heterocycles. The molecule has 2 aliphatic heterocycles. The lowest BCUT2D eigenvalue weighted by Gasteiger charge is -2.30. The van der Waals surface area contributed by atoms with Crippen molar-refractivity contribution in [1.82, 2.24) is 10.6 Å². The standard InChI is InChI=1S/2C11H20O2.C10H19NO2.C10H18O2.C9H17NO2.2C9H16O2.3CH4/c2*1-8(2)10(12)11(13)9-6-4-3-5-7-9;1-7(2)9(12)10(13)8-5-3-4-6-11-8;1-7(2)9(11)10(12)8-5-3-4-6-8;1-6(2)8(11)9(12)7-4-3-5-10-7;2*1-6(2)8(10)9(11)7-4-3-5-7;;;/h2*8-9,11,13H,3-7H2,1-2H3;7-8,10-11,13H,3-6H2,1-2H3;7-8,10,12H,3-6H2,1-2H3;6-7,9-10,12H,3-5H2,1-2H3;2*6-7,9,11H,3-5H2,1-2H3;3*1H4. The van der Waals surface area contributed by atoms with Gasteiger partial charge in [0.15, 0.2) is 40.5 Å². The molecule has 0 bridgehead atoms. The quantitative estimate of drug-likeness (QED) is 0.0516. The third-order valence-electron chi connectivity index (χ3n) is 18.5. The minimum atomic E-state index is -0.805. The SMILES string of the molecule is C.C.C.CC(C)C(=O)C(O)C1CCC1.CC(C)C(=O)C(O)C1CCC1.CC(C)C(=O)C(O)C1CCCC1.CC(C)C(=O)C(O)C1CCCCC1.CC(C)C(=O)C(O)C1CCCCC1.CC(C)C(=O)C(O)C1CCCCN1.CC(C)C(=O)C(O)C1CCCN1. The van der Waals surface area contributed by atoms with Crippen molar-refractivity contribution in [3.8, 4) is 0 Å². The summed E-state index contributed by atoms with van der Waals surface area (Å²) in [5.74, 6) is 0.979. The van der Waals surface area contributed by atoms with E-state index in [2.05, 4.69) is 10.6 Å². The first-order valence-electron chi connectivity index (χ1n) is 33.9. The Kier molecular flexibility index (Phi) is 48.9. The molecule has 0 radical (unpaired) electrons. The third-order valence-corrected chi connectivity index (χ3v) is 18.5. The van der Waals surface area contributed by atoms with E-state index in [1.165, 1.54) is 64.2 Å². The summed E-state index contributed by atoms with van der Waals surface area (Å²) in [6.07, 6.45) is 22.3. The zero-order valence-corrected chi connectivity index (χ0v) is 55.7. The van der Waals surface area contributed by atoms with Crippen LogP contribution in [-0.4, -0.2) is 144 Å². The second-order valence-corrected chi connectivity index (χ2v) is 28.0. The summed E-state index contributed by atoms with van der Waals surface area (Å²) in [5.41, 5.74) is 0. The van der Waals surface area contributed by atoms with Crippen LogP contribution in [0.4, 0.5) is 0 Å². The molecule has 7 rings (SSSR count). The molecule has 9 atom stereocenters. The number of hydrogen-bond acceptors (Lipinski definition) is 16. The topological polar surface area (TPSA) is 285 Å². The molecule has 0 spiro atoms. The maximum absolute atomic E-state index is 11.5. The average Bonchev–Trinajstić information content (AvgIpc) is 4.09. The summed E-state index contributed by atoms with van der Waals surface area (Å²) in [6, 6.07) is -0.0106. The predicted molar refractivity (Wildman–Crippen MR) is 358 cm³/mol. The Bertz CT molecular complexity index is 1710. The number of Topliss-reactive ketones (excluding diaryl/α,β-unsaturated/α-hetero) is 7. The molecule has 9 N–H and O–H groups in total. The molecular formula is C72H138N2O14. The number of aliphatic hydroxyl groups is 7. The van der Waals surface area contributed by atoms with Gasteiger partial charge >= 0.3 is 0 Å². The second-order valence-electron chi connectivity index (χ2n) is 28.0. The molecule has 520 valence electrons. The number of nitrogens with one attached hydrogen (secondary N) is 2. The fraction of sp³-hybridized carbons (Fsp3) is 0.903. The number of ketones is 7. The molecule has 0 amide bonds. The largest absolute Gasteiger partial charge is 0.385 e. The summed E-state index contributed by atoms with van der Waals surface area (Å²) in [5, 5.41) is 73.7. The molecule has 7 fully saturated rings. The Morgan fingerprint density at radius 2 is 0.409 bits per heavy atom. The van der Waals surface area contributed by atoms with Gasteiger partial charge in [-0.1, -0.05) is 190 Å². The van der Waals surface area contributed by atoms with E-state index in [1.54, 1.807) is 0 Å².